The Bertz CT molecular complexity index is 886. The Morgan fingerprint density at radius 1 is 0.531 bits per heavy atom. The van der Waals surface area contributed by atoms with Crippen LogP contribution in [0.2, 0.25) is 0 Å². The summed E-state index contributed by atoms with van der Waals surface area (Å²) in [5.74, 6) is 1.31. The number of nitrogens with zero attached hydrogens (tertiary/aromatic N) is 6. The van der Waals surface area contributed by atoms with Crippen molar-refractivity contribution in [1.29, 1.82) is 0 Å². The fourth-order valence-corrected chi connectivity index (χ4v) is 3.68. The summed E-state index contributed by atoms with van der Waals surface area (Å²) >= 11 is 0. The molecule has 0 aromatic carbocycles. The van der Waals surface area contributed by atoms with Crippen LogP contribution in [0, 0.1) is 13.8 Å². The van der Waals surface area contributed by atoms with Gasteiger partial charge in [0.2, 0.25) is 0 Å². The summed E-state index contributed by atoms with van der Waals surface area (Å²) in [6.07, 6.45) is 18.5. The zero-order valence-corrected chi connectivity index (χ0v) is 20.1. The Labute approximate surface area is 192 Å². The van der Waals surface area contributed by atoms with Gasteiger partial charge in [-0.05, 0) is 50.7 Å². The molecule has 32 heavy (non-hydrogen) atoms. The van der Waals surface area contributed by atoms with E-state index >= 15 is 0 Å². The number of rotatable bonds is 12. The average molecular weight is 433 g/mol. The minimum atomic E-state index is 0.653. The molecule has 0 amide bonds. The molecule has 3 aromatic rings. The predicted molar refractivity (Wildman–Crippen MR) is 129 cm³/mol. The average Bonchev–Trinajstić information content (AvgIpc) is 2.81. The van der Waals surface area contributed by atoms with E-state index in [9.17, 15) is 0 Å². The lowest BCUT2D eigenvalue weighted by Gasteiger charge is -2.14. The van der Waals surface area contributed by atoms with Gasteiger partial charge in [-0.25, -0.2) is 29.9 Å². The van der Waals surface area contributed by atoms with Crippen LogP contribution in [-0.2, 0) is 12.8 Å². The number of hydrogen-bond donors (Lipinski definition) is 0. The van der Waals surface area contributed by atoms with E-state index in [1.54, 1.807) is 0 Å². The molecule has 0 saturated heterocycles. The summed E-state index contributed by atoms with van der Waals surface area (Å²) in [5.41, 5.74) is 5.58. The minimum absolute atomic E-state index is 0.653. The maximum Gasteiger partial charge on any atom is 0.180 e. The SMILES string of the molecule is CCCCCCc1nc(-c2ncc(C)cn2)c(CCCCCC)nc1-c1ncc(C)cn1. The van der Waals surface area contributed by atoms with Gasteiger partial charge in [0.05, 0.1) is 11.4 Å². The molecule has 0 fully saturated rings. The van der Waals surface area contributed by atoms with Gasteiger partial charge in [-0.15, -0.1) is 0 Å². The van der Waals surface area contributed by atoms with Crippen LogP contribution in [0.3, 0.4) is 0 Å². The monoisotopic (exact) mass is 432 g/mol. The van der Waals surface area contributed by atoms with Crippen LogP contribution in [0.5, 0.6) is 0 Å². The van der Waals surface area contributed by atoms with Gasteiger partial charge in [0.25, 0.3) is 0 Å². The summed E-state index contributed by atoms with van der Waals surface area (Å²) in [4.78, 5) is 28.5. The van der Waals surface area contributed by atoms with Crippen LogP contribution in [-0.4, -0.2) is 29.9 Å². The quantitative estimate of drug-likeness (QED) is 0.315. The first-order valence-corrected chi connectivity index (χ1v) is 12.1. The Morgan fingerprint density at radius 2 is 0.906 bits per heavy atom. The summed E-state index contributed by atoms with van der Waals surface area (Å²) in [6.45, 7) is 8.45. The molecular formula is C26H36N6. The molecule has 0 saturated carbocycles. The number of aromatic nitrogens is 6. The maximum absolute atomic E-state index is 5.10. The van der Waals surface area contributed by atoms with E-state index < -0.39 is 0 Å². The maximum atomic E-state index is 5.10. The molecule has 6 heteroatoms. The summed E-state index contributed by atoms with van der Waals surface area (Å²) < 4.78 is 0. The first kappa shape index (κ1) is 23.9. The molecule has 6 nitrogen and oxygen atoms in total. The van der Waals surface area contributed by atoms with Gasteiger partial charge in [-0.3, -0.25) is 0 Å². The minimum Gasteiger partial charge on any atom is -0.245 e. The highest BCUT2D eigenvalue weighted by Crippen LogP contribution is 2.26. The molecule has 0 N–H and O–H groups in total. The van der Waals surface area contributed by atoms with Crippen molar-refractivity contribution in [3.8, 4) is 23.0 Å². The largest absolute Gasteiger partial charge is 0.245 e. The molecule has 0 aliphatic heterocycles. The van der Waals surface area contributed by atoms with Crippen LogP contribution >= 0.6 is 0 Å². The van der Waals surface area contributed by atoms with Crippen LogP contribution in [0.25, 0.3) is 23.0 Å². The molecule has 0 aliphatic carbocycles. The van der Waals surface area contributed by atoms with Crippen LogP contribution in [0.1, 0.15) is 87.7 Å². The van der Waals surface area contributed by atoms with E-state index in [1.807, 2.05) is 38.6 Å². The fourth-order valence-electron chi connectivity index (χ4n) is 3.68. The summed E-state index contributed by atoms with van der Waals surface area (Å²) in [6, 6.07) is 0. The van der Waals surface area contributed by atoms with E-state index in [4.69, 9.17) is 9.97 Å². The van der Waals surface area contributed by atoms with Gasteiger partial charge < -0.3 is 0 Å². The van der Waals surface area contributed by atoms with Crippen LogP contribution < -0.4 is 0 Å². The van der Waals surface area contributed by atoms with E-state index in [-0.39, 0.29) is 0 Å². The van der Waals surface area contributed by atoms with Crippen LogP contribution in [0.15, 0.2) is 24.8 Å². The normalized spacial score (nSPS) is 11.1. The molecule has 0 unspecified atom stereocenters. The first-order valence-electron chi connectivity index (χ1n) is 12.1. The van der Waals surface area contributed by atoms with E-state index in [0.717, 1.165) is 59.6 Å². The third-order valence-electron chi connectivity index (χ3n) is 5.56. The molecule has 0 aliphatic rings. The number of aryl methyl sites for hydroxylation is 4. The molecule has 3 rings (SSSR count). The van der Waals surface area contributed by atoms with Crippen molar-refractivity contribution >= 4 is 0 Å². The van der Waals surface area contributed by atoms with E-state index in [2.05, 4.69) is 33.8 Å². The Hall–Kier alpha value is -2.76. The second kappa shape index (κ2) is 12.3. The van der Waals surface area contributed by atoms with Crippen molar-refractivity contribution in [3.63, 3.8) is 0 Å². The fraction of sp³-hybridized carbons (Fsp3) is 0.538. The molecular weight excluding hydrogens is 396 g/mol. The lowest BCUT2D eigenvalue weighted by Crippen LogP contribution is -2.09. The lowest BCUT2D eigenvalue weighted by molar-refractivity contribution is 0.651. The van der Waals surface area contributed by atoms with Gasteiger partial charge in [0, 0.05) is 24.8 Å². The van der Waals surface area contributed by atoms with Crippen molar-refractivity contribution in [2.45, 2.75) is 91.9 Å². The van der Waals surface area contributed by atoms with Crippen molar-refractivity contribution in [1.82, 2.24) is 29.9 Å². The zero-order chi connectivity index (χ0) is 22.8. The molecule has 0 atom stereocenters. The highest BCUT2D eigenvalue weighted by Gasteiger charge is 2.19. The zero-order valence-electron chi connectivity index (χ0n) is 20.1. The van der Waals surface area contributed by atoms with Crippen molar-refractivity contribution in [2.24, 2.45) is 0 Å². The van der Waals surface area contributed by atoms with Gasteiger partial charge >= 0.3 is 0 Å². The highest BCUT2D eigenvalue weighted by molar-refractivity contribution is 5.60. The number of hydrogen-bond acceptors (Lipinski definition) is 6. The Morgan fingerprint density at radius 3 is 1.25 bits per heavy atom. The molecule has 0 bridgehead atoms. The smallest absolute Gasteiger partial charge is 0.180 e. The predicted octanol–water partition coefficient (Wildman–Crippen LogP) is 6.25. The summed E-state index contributed by atoms with van der Waals surface area (Å²) in [7, 11) is 0. The highest BCUT2D eigenvalue weighted by atomic mass is 15.0. The Kier molecular flexibility index (Phi) is 9.20. The standard InChI is InChI=1S/C26H36N6/c1-5-7-9-11-13-21-23(25-27-15-19(3)16-28-25)32-22(14-12-10-8-6-2)24(31-21)26-29-17-20(4)18-30-26/h15-18H,5-14H2,1-4H3. The second-order valence-electron chi connectivity index (χ2n) is 8.60. The van der Waals surface area contributed by atoms with Crippen molar-refractivity contribution < 1.29 is 0 Å². The molecule has 0 spiro atoms. The molecule has 0 radical (unpaired) electrons. The van der Waals surface area contributed by atoms with Gasteiger partial charge in [0.1, 0.15) is 11.4 Å². The first-order chi connectivity index (χ1) is 15.6. The molecule has 170 valence electrons. The lowest BCUT2D eigenvalue weighted by atomic mass is 10.1. The number of unbranched alkanes of at least 4 members (excludes halogenated alkanes) is 6. The van der Waals surface area contributed by atoms with Crippen molar-refractivity contribution in [3.05, 3.63) is 47.3 Å². The van der Waals surface area contributed by atoms with Crippen molar-refractivity contribution in [2.75, 3.05) is 0 Å². The Balaban J connectivity index is 2.04. The van der Waals surface area contributed by atoms with Gasteiger partial charge in [0.15, 0.2) is 11.6 Å². The molecule has 3 aromatic heterocycles. The topological polar surface area (TPSA) is 77.3 Å². The summed E-state index contributed by atoms with van der Waals surface area (Å²) in [5, 5.41) is 0. The molecule has 3 heterocycles. The third kappa shape index (κ3) is 6.62. The third-order valence-corrected chi connectivity index (χ3v) is 5.56. The van der Waals surface area contributed by atoms with Crippen LogP contribution in [0.4, 0.5) is 0 Å². The van der Waals surface area contributed by atoms with Gasteiger partial charge in [-0.1, -0.05) is 52.4 Å². The second-order valence-corrected chi connectivity index (χ2v) is 8.60. The van der Waals surface area contributed by atoms with Gasteiger partial charge in [-0.2, -0.15) is 0 Å². The van der Waals surface area contributed by atoms with E-state index in [1.165, 1.54) is 38.5 Å². The van der Waals surface area contributed by atoms with E-state index in [0.29, 0.717) is 11.6 Å².